The first-order chi connectivity index (χ1) is 11.6. The van der Waals surface area contributed by atoms with Gasteiger partial charge in [0.25, 0.3) is 5.91 Å². The van der Waals surface area contributed by atoms with Crippen LogP contribution in [0.2, 0.25) is 0 Å². The summed E-state index contributed by atoms with van der Waals surface area (Å²) in [4.78, 5) is 12.8. The molecule has 1 amide bonds. The molecule has 0 spiro atoms. The number of carbonyl (C=O) groups excluding carboxylic acids is 1. The Bertz CT molecular complexity index is 758. The molecule has 4 heteroatoms. The van der Waals surface area contributed by atoms with Crippen LogP contribution >= 0.6 is 0 Å². The van der Waals surface area contributed by atoms with Crippen LogP contribution < -0.4 is 5.32 Å². The molecule has 1 heterocycles. The van der Waals surface area contributed by atoms with Gasteiger partial charge in [0.2, 0.25) is 0 Å². The number of rotatable bonds is 4. The monoisotopic (exact) mass is 328 g/mol. The minimum absolute atomic E-state index is 0.139. The first kappa shape index (κ1) is 15.7. The quantitative estimate of drug-likeness (QED) is 0.881. The zero-order chi connectivity index (χ0) is 16.7. The fourth-order valence-electron chi connectivity index (χ4n) is 4.71. The van der Waals surface area contributed by atoms with Gasteiger partial charge in [0.1, 0.15) is 5.82 Å². The average Bonchev–Trinajstić information content (AvgIpc) is 3.02. The summed E-state index contributed by atoms with van der Waals surface area (Å²) in [6, 6.07) is 5.00. The standard InChI is InChI=1S/C20H25FN2O/c1-2-23-12-15(18-16(21)4-3-5-17(18)23)19(24)22-13-20-9-6-14(7-10-20)8-11-20/h3-5,12,14H,2,6-11,13H2,1H3,(H,22,24). The molecule has 0 aliphatic heterocycles. The SMILES string of the molecule is CCn1cc(C(=O)NCC23CCC(CC2)CC3)c2c(F)cccc21. The van der Waals surface area contributed by atoms with Crippen molar-refractivity contribution in [2.24, 2.45) is 11.3 Å². The van der Waals surface area contributed by atoms with Gasteiger partial charge >= 0.3 is 0 Å². The van der Waals surface area contributed by atoms with Crippen LogP contribution in [0.5, 0.6) is 0 Å². The number of carbonyl (C=O) groups is 1. The second-order valence-corrected chi connectivity index (χ2v) is 7.63. The van der Waals surface area contributed by atoms with Crippen molar-refractivity contribution in [1.29, 1.82) is 0 Å². The first-order valence-electron chi connectivity index (χ1n) is 9.17. The maximum Gasteiger partial charge on any atom is 0.253 e. The molecule has 2 aromatic rings. The second kappa shape index (κ2) is 5.91. The summed E-state index contributed by atoms with van der Waals surface area (Å²) in [7, 11) is 0. The molecule has 1 aromatic heterocycles. The Hall–Kier alpha value is -1.84. The largest absolute Gasteiger partial charge is 0.351 e. The Morgan fingerprint density at radius 1 is 1.29 bits per heavy atom. The van der Waals surface area contributed by atoms with E-state index in [1.165, 1.54) is 44.6 Å². The molecule has 3 fully saturated rings. The molecule has 3 saturated carbocycles. The van der Waals surface area contributed by atoms with Gasteiger partial charge in [-0.15, -0.1) is 0 Å². The maximum atomic E-state index is 14.3. The van der Waals surface area contributed by atoms with Crippen LogP contribution in [-0.4, -0.2) is 17.0 Å². The molecular weight excluding hydrogens is 303 g/mol. The van der Waals surface area contributed by atoms with Gasteiger partial charge in [0.05, 0.1) is 11.1 Å². The van der Waals surface area contributed by atoms with Crippen LogP contribution in [-0.2, 0) is 6.54 Å². The number of nitrogens with one attached hydrogen (secondary N) is 1. The van der Waals surface area contributed by atoms with Gasteiger partial charge in [-0.05, 0) is 68.9 Å². The number of benzene rings is 1. The Labute approximate surface area is 142 Å². The molecule has 0 atom stereocenters. The molecule has 3 aliphatic rings. The molecule has 0 radical (unpaired) electrons. The van der Waals surface area contributed by atoms with Crippen LogP contribution in [0.1, 0.15) is 55.8 Å². The fourth-order valence-corrected chi connectivity index (χ4v) is 4.71. The predicted octanol–water partition coefficient (Wildman–Crippen LogP) is 4.50. The van der Waals surface area contributed by atoms with Gasteiger partial charge in [-0.3, -0.25) is 4.79 Å². The van der Waals surface area contributed by atoms with Gasteiger partial charge < -0.3 is 9.88 Å². The number of hydrogen-bond acceptors (Lipinski definition) is 1. The molecule has 0 unspecified atom stereocenters. The normalized spacial score (nSPS) is 26.0. The number of halogens is 1. The van der Waals surface area contributed by atoms with Crippen LogP contribution in [0.3, 0.4) is 0 Å². The van der Waals surface area contributed by atoms with Crippen LogP contribution in [0.15, 0.2) is 24.4 Å². The van der Waals surface area contributed by atoms with E-state index in [2.05, 4.69) is 5.32 Å². The van der Waals surface area contributed by atoms with E-state index in [1.54, 1.807) is 12.3 Å². The van der Waals surface area contributed by atoms with E-state index in [4.69, 9.17) is 0 Å². The lowest BCUT2D eigenvalue weighted by Gasteiger charge is -2.46. The third-order valence-electron chi connectivity index (χ3n) is 6.31. The minimum Gasteiger partial charge on any atom is -0.351 e. The smallest absolute Gasteiger partial charge is 0.253 e. The Balaban J connectivity index is 1.57. The zero-order valence-corrected chi connectivity index (χ0v) is 14.3. The van der Waals surface area contributed by atoms with Gasteiger partial charge in [-0.2, -0.15) is 0 Å². The van der Waals surface area contributed by atoms with E-state index in [-0.39, 0.29) is 17.1 Å². The van der Waals surface area contributed by atoms with Crippen molar-refractivity contribution >= 4 is 16.8 Å². The third-order valence-corrected chi connectivity index (χ3v) is 6.31. The number of fused-ring (bicyclic) bond motifs is 4. The van der Waals surface area contributed by atoms with E-state index >= 15 is 0 Å². The van der Waals surface area contributed by atoms with Gasteiger partial charge in [-0.25, -0.2) is 4.39 Å². The summed E-state index contributed by atoms with van der Waals surface area (Å²) in [5.74, 6) is 0.458. The number of aryl methyl sites for hydroxylation is 1. The number of hydrogen-bond donors (Lipinski definition) is 1. The van der Waals surface area contributed by atoms with Crippen molar-refractivity contribution in [2.45, 2.75) is 52.0 Å². The Kier molecular flexibility index (Phi) is 3.86. The van der Waals surface area contributed by atoms with E-state index in [0.29, 0.717) is 10.9 Å². The van der Waals surface area contributed by atoms with Gasteiger partial charge in [-0.1, -0.05) is 6.07 Å². The molecule has 1 N–H and O–H groups in total. The van der Waals surface area contributed by atoms with Crippen molar-refractivity contribution < 1.29 is 9.18 Å². The third kappa shape index (κ3) is 2.52. The molecule has 2 bridgehead atoms. The van der Waals surface area contributed by atoms with E-state index in [0.717, 1.165) is 24.5 Å². The average molecular weight is 328 g/mol. The van der Waals surface area contributed by atoms with Crippen molar-refractivity contribution in [1.82, 2.24) is 9.88 Å². The summed E-state index contributed by atoms with van der Waals surface area (Å²) in [5.41, 5.74) is 1.54. The van der Waals surface area contributed by atoms with Gasteiger partial charge in [0.15, 0.2) is 0 Å². The van der Waals surface area contributed by atoms with E-state index < -0.39 is 0 Å². The van der Waals surface area contributed by atoms with E-state index in [9.17, 15) is 9.18 Å². The van der Waals surface area contributed by atoms with Crippen molar-refractivity contribution in [3.8, 4) is 0 Å². The molecule has 0 saturated heterocycles. The second-order valence-electron chi connectivity index (χ2n) is 7.63. The predicted molar refractivity (Wildman–Crippen MR) is 93.5 cm³/mol. The Morgan fingerprint density at radius 3 is 2.67 bits per heavy atom. The van der Waals surface area contributed by atoms with Crippen LogP contribution in [0.4, 0.5) is 4.39 Å². The zero-order valence-electron chi connectivity index (χ0n) is 14.3. The van der Waals surface area contributed by atoms with Crippen LogP contribution in [0.25, 0.3) is 10.9 Å². The Morgan fingerprint density at radius 2 is 2.00 bits per heavy atom. The van der Waals surface area contributed by atoms with Crippen molar-refractivity contribution in [2.75, 3.05) is 6.54 Å². The number of amides is 1. The number of aromatic nitrogens is 1. The molecule has 3 aliphatic carbocycles. The highest BCUT2D eigenvalue weighted by Crippen LogP contribution is 2.49. The summed E-state index contributed by atoms with van der Waals surface area (Å²) in [6.07, 6.45) is 9.38. The minimum atomic E-state index is -0.318. The summed E-state index contributed by atoms with van der Waals surface area (Å²) < 4.78 is 16.2. The van der Waals surface area contributed by atoms with Crippen LogP contribution in [0, 0.1) is 17.2 Å². The molecule has 3 nitrogen and oxygen atoms in total. The lowest BCUT2D eigenvalue weighted by Crippen LogP contribution is -2.43. The highest BCUT2D eigenvalue weighted by atomic mass is 19.1. The summed E-state index contributed by atoms with van der Waals surface area (Å²) >= 11 is 0. The molecule has 24 heavy (non-hydrogen) atoms. The molecule has 5 rings (SSSR count). The molecule has 1 aromatic carbocycles. The molecular formula is C20H25FN2O. The summed E-state index contributed by atoms with van der Waals surface area (Å²) in [6.45, 7) is 3.45. The summed E-state index contributed by atoms with van der Waals surface area (Å²) in [5, 5.41) is 3.57. The fraction of sp³-hybridized carbons (Fsp3) is 0.550. The highest BCUT2D eigenvalue weighted by Gasteiger charge is 2.40. The highest BCUT2D eigenvalue weighted by molar-refractivity contribution is 6.07. The molecule has 128 valence electrons. The van der Waals surface area contributed by atoms with Gasteiger partial charge in [0, 0.05) is 24.7 Å². The number of nitrogens with zero attached hydrogens (tertiary/aromatic N) is 1. The van der Waals surface area contributed by atoms with Crippen molar-refractivity contribution in [3.05, 3.63) is 35.8 Å². The van der Waals surface area contributed by atoms with Crippen molar-refractivity contribution in [3.63, 3.8) is 0 Å². The van der Waals surface area contributed by atoms with E-state index in [1.807, 2.05) is 17.6 Å². The maximum absolute atomic E-state index is 14.3. The lowest BCUT2D eigenvalue weighted by molar-refractivity contribution is 0.0597. The first-order valence-corrected chi connectivity index (χ1v) is 9.17. The topological polar surface area (TPSA) is 34.0 Å². The lowest BCUT2D eigenvalue weighted by atomic mass is 9.61.